The van der Waals surface area contributed by atoms with E-state index in [1.165, 1.54) is 0 Å². The zero-order valence-electron chi connectivity index (χ0n) is 6.74. The van der Waals surface area contributed by atoms with E-state index in [1.807, 2.05) is 0 Å². The second kappa shape index (κ2) is 2.94. The highest BCUT2D eigenvalue weighted by atomic mass is 16.8. The molecule has 0 spiro atoms. The third-order valence-electron chi connectivity index (χ3n) is 1.65. The Morgan fingerprint density at radius 1 is 1.57 bits per heavy atom. The van der Waals surface area contributed by atoms with Crippen LogP contribution in [-0.4, -0.2) is 22.4 Å². The minimum absolute atomic E-state index is 0.0500. The normalized spacial score (nSPS) is 15.0. The van der Waals surface area contributed by atoms with Gasteiger partial charge in [-0.05, 0) is 9.83 Å². The topological polar surface area (TPSA) is 118 Å². The molecule has 0 bridgehead atoms. The Labute approximate surface area is 76.2 Å². The number of nitro groups is 1. The molecule has 14 heavy (non-hydrogen) atoms. The summed E-state index contributed by atoms with van der Waals surface area (Å²) in [4.78, 5) is 14.2. The lowest BCUT2D eigenvalue weighted by Gasteiger charge is -1.92. The maximum absolute atomic E-state index is 11.0. The summed E-state index contributed by atoms with van der Waals surface area (Å²) in [6.07, 6.45) is 0.324. The molecule has 0 N–H and O–H groups in total. The van der Waals surface area contributed by atoms with Gasteiger partial charge in [-0.15, -0.1) is 0 Å². The molecule has 0 radical (unpaired) electrons. The minimum atomic E-state index is -0.811. The molecule has 0 aromatic carbocycles. The average Bonchev–Trinajstić information content (AvgIpc) is 2.71. The number of nitrogens with zero attached hydrogens (tertiary/aromatic N) is 4. The molecular formula is C5H4N4O5. The number of hydrogen-bond acceptors (Lipinski definition) is 7. The van der Waals surface area contributed by atoms with Gasteiger partial charge in [-0.25, -0.2) is 0 Å². The summed E-state index contributed by atoms with van der Waals surface area (Å²) in [6.45, 7) is 0.289. The molecule has 0 amide bonds. The van der Waals surface area contributed by atoms with Crippen molar-refractivity contribution < 1.29 is 19.3 Å². The van der Waals surface area contributed by atoms with Crippen LogP contribution in [0, 0.1) is 15.3 Å². The van der Waals surface area contributed by atoms with Crippen LogP contribution in [0.5, 0.6) is 0 Å². The van der Waals surface area contributed by atoms with E-state index in [-0.39, 0.29) is 22.9 Å². The van der Waals surface area contributed by atoms with Crippen LogP contribution in [0.3, 0.4) is 0 Å². The van der Waals surface area contributed by atoms with E-state index in [9.17, 15) is 15.3 Å². The van der Waals surface area contributed by atoms with Crippen LogP contribution in [0.15, 0.2) is 9.78 Å². The largest absolute Gasteiger partial charge is 0.442 e. The Bertz CT molecular complexity index is 410. The van der Waals surface area contributed by atoms with E-state index in [4.69, 9.17) is 0 Å². The van der Waals surface area contributed by atoms with Crippen molar-refractivity contribution in [2.24, 2.45) is 5.16 Å². The minimum Gasteiger partial charge on any atom is -0.395 e. The molecule has 1 aliphatic rings. The molecule has 0 saturated heterocycles. The maximum Gasteiger partial charge on any atom is 0.442 e. The first-order valence-corrected chi connectivity index (χ1v) is 3.63. The number of oxime groups is 1. The second-order valence-corrected chi connectivity index (χ2v) is 2.48. The van der Waals surface area contributed by atoms with Crippen molar-refractivity contribution in [1.29, 1.82) is 0 Å². The van der Waals surface area contributed by atoms with E-state index >= 15 is 0 Å². The summed E-state index contributed by atoms with van der Waals surface area (Å²) in [5, 5.41) is 27.9. The molecule has 0 aliphatic carbocycles. The van der Waals surface area contributed by atoms with Crippen LogP contribution in [0.25, 0.3) is 0 Å². The first kappa shape index (κ1) is 8.41. The van der Waals surface area contributed by atoms with Crippen LogP contribution in [0.1, 0.15) is 12.1 Å². The summed E-state index contributed by atoms with van der Waals surface area (Å²) in [6, 6.07) is 0. The van der Waals surface area contributed by atoms with Gasteiger partial charge in [-0.3, -0.25) is 4.63 Å². The Balaban J connectivity index is 2.49. The number of rotatable bonds is 2. The van der Waals surface area contributed by atoms with E-state index < -0.39 is 10.7 Å². The molecule has 0 fully saturated rings. The predicted octanol–water partition coefficient (Wildman–Crippen LogP) is -0.659. The second-order valence-electron chi connectivity index (χ2n) is 2.48. The first-order chi connectivity index (χ1) is 6.70. The van der Waals surface area contributed by atoms with Crippen molar-refractivity contribution in [1.82, 2.24) is 5.16 Å². The summed E-state index contributed by atoms with van der Waals surface area (Å²) in [7, 11) is 0. The van der Waals surface area contributed by atoms with Crippen LogP contribution in [0.2, 0.25) is 0 Å². The van der Waals surface area contributed by atoms with Crippen molar-refractivity contribution in [3.05, 3.63) is 21.0 Å². The van der Waals surface area contributed by atoms with Crippen molar-refractivity contribution in [3.63, 3.8) is 0 Å². The predicted molar refractivity (Wildman–Crippen MR) is 39.2 cm³/mol. The molecule has 1 aliphatic heterocycles. The summed E-state index contributed by atoms with van der Waals surface area (Å²) >= 11 is 0. The van der Waals surface area contributed by atoms with Gasteiger partial charge in [0.25, 0.3) is 5.69 Å². The van der Waals surface area contributed by atoms with Gasteiger partial charge in [0.05, 0.1) is 5.16 Å². The fourth-order valence-electron chi connectivity index (χ4n) is 1.07. The van der Waals surface area contributed by atoms with E-state index in [1.54, 1.807) is 0 Å². The van der Waals surface area contributed by atoms with Gasteiger partial charge >= 0.3 is 5.82 Å². The van der Waals surface area contributed by atoms with Gasteiger partial charge in [0.2, 0.25) is 0 Å². The van der Waals surface area contributed by atoms with Crippen LogP contribution >= 0.6 is 0 Å². The molecule has 0 unspecified atom stereocenters. The van der Waals surface area contributed by atoms with Crippen LogP contribution in [0.4, 0.5) is 5.82 Å². The number of hydrogen-bond donors (Lipinski definition) is 0. The maximum atomic E-state index is 11.0. The Hall–Kier alpha value is -2.19. The van der Waals surface area contributed by atoms with Crippen molar-refractivity contribution in [2.45, 2.75) is 6.42 Å². The summed E-state index contributed by atoms with van der Waals surface area (Å²) < 4.78 is 4.10. The third kappa shape index (κ3) is 1.14. The first-order valence-electron chi connectivity index (χ1n) is 3.63. The zero-order chi connectivity index (χ0) is 10.1. The van der Waals surface area contributed by atoms with E-state index in [0.29, 0.717) is 6.42 Å². The van der Waals surface area contributed by atoms with Gasteiger partial charge in [-0.1, -0.05) is 5.16 Å². The quantitative estimate of drug-likeness (QED) is 0.355. The average molecular weight is 200 g/mol. The molecule has 9 nitrogen and oxygen atoms in total. The van der Waals surface area contributed by atoms with Crippen LogP contribution in [-0.2, 0) is 4.84 Å². The van der Waals surface area contributed by atoms with E-state index in [2.05, 4.69) is 19.8 Å². The molecule has 1 aromatic rings. The molecule has 9 heteroatoms. The van der Waals surface area contributed by atoms with E-state index in [0.717, 1.165) is 0 Å². The Morgan fingerprint density at radius 2 is 2.36 bits per heavy atom. The molecular weight excluding hydrogens is 196 g/mol. The lowest BCUT2D eigenvalue weighted by atomic mass is 10.2. The monoisotopic (exact) mass is 200 g/mol. The lowest BCUT2D eigenvalue weighted by Crippen LogP contribution is -2.31. The van der Waals surface area contributed by atoms with Crippen molar-refractivity contribution >= 4 is 11.5 Å². The van der Waals surface area contributed by atoms with Crippen molar-refractivity contribution in [3.8, 4) is 0 Å². The van der Waals surface area contributed by atoms with Gasteiger partial charge in [-0.2, -0.15) is 0 Å². The highest BCUT2D eigenvalue weighted by Gasteiger charge is 2.31. The molecule has 0 atom stereocenters. The fraction of sp³-hybridized carbons (Fsp3) is 0.400. The summed E-state index contributed by atoms with van der Waals surface area (Å²) in [5.41, 5.74) is -0.125. The SMILES string of the molecule is O=[N+]([O-])c1no[n+]([O-])c1C1=NOCC1. The Kier molecular flexibility index (Phi) is 1.77. The number of aromatic nitrogens is 2. The van der Waals surface area contributed by atoms with Crippen LogP contribution < -0.4 is 4.90 Å². The van der Waals surface area contributed by atoms with Crippen molar-refractivity contribution in [2.75, 3.05) is 6.61 Å². The van der Waals surface area contributed by atoms with Gasteiger partial charge in [0.15, 0.2) is 0 Å². The summed E-state index contributed by atoms with van der Waals surface area (Å²) in [5.74, 6) is -0.649. The molecule has 2 heterocycles. The van der Waals surface area contributed by atoms with Gasteiger partial charge in [0, 0.05) is 6.42 Å². The molecule has 1 aromatic heterocycles. The highest BCUT2D eigenvalue weighted by Crippen LogP contribution is 2.16. The zero-order valence-corrected chi connectivity index (χ0v) is 6.74. The standard InChI is InChI=1S/C5H4N4O5/c10-8(11)5-4(9(12)14-7-5)3-1-2-13-6-3/h1-2H2. The Morgan fingerprint density at radius 3 is 2.93 bits per heavy atom. The van der Waals surface area contributed by atoms with Gasteiger partial charge in [0.1, 0.15) is 12.3 Å². The molecule has 74 valence electrons. The lowest BCUT2D eigenvalue weighted by molar-refractivity contribution is -0.803. The molecule has 2 rings (SSSR count). The fourth-order valence-corrected chi connectivity index (χ4v) is 1.07. The highest BCUT2D eigenvalue weighted by molar-refractivity contribution is 6.00. The van der Waals surface area contributed by atoms with Gasteiger partial charge < -0.3 is 20.2 Å². The molecule has 0 saturated carbocycles. The third-order valence-corrected chi connectivity index (χ3v) is 1.65. The smallest absolute Gasteiger partial charge is 0.395 e.